The maximum Gasteiger partial charge on any atom is 0.318 e. The number of carboxylic acids is 1. The standard InChI is InChI=1S/C26H26N2O4/c29-14-21(26(30)31)19-13-24(23-12-20(19)25(28-23)17-7-2-1-3-8-17)32-15-18-11-10-16-6-4-5-9-22(16)27-18/h4-6,9-14,17,21,25,28H,1-3,7-8,15H2,(H,30,31)/t21?,25-/m0/s1. The van der Waals surface area contributed by atoms with Crippen LogP contribution in [0.25, 0.3) is 10.9 Å². The molecule has 5 rings (SSSR count). The van der Waals surface area contributed by atoms with E-state index >= 15 is 0 Å². The van der Waals surface area contributed by atoms with Crippen molar-refractivity contribution in [1.29, 1.82) is 0 Å². The van der Waals surface area contributed by atoms with Gasteiger partial charge in [0.25, 0.3) is 0 Å². The molecule has 1 fully saturated rings. The van der Waals surface area contributed by atoms with Gasteiger partial charge in [0.1, 0.15) is 24.6 Å². The van der Waals surface area contributed by atoms with Crippen LogP contribution in [-0.4, -0.2) is 22.3 Å². The number of hydrogen-bond acceptors (Lipinski definition) is 5. The van der Waals surface area contributed by atoms with Gasteiger partial charge in [-0.25, -0.2) is 4.98 Å². The number of pyridine rings is 1. The van der Waals surface area contributed by atoms with E-state index < -0.39 is 11.9 Å². The number of aliphatic carboxylic acids is 1. The summed E-state index contributed by atoms with van der Waals surface area (Å²) in [6, 6.07) is 15.6. The van der Waals surface area contributed by atoms with E-state index in [1.54, 1.807) is 6.07 Å². The van der Waals surface area contributed by atoms with E-state index in [-0.39, 0.29) is 12.6 Å². The molecule has 2 aromatic carbocycles. The molecule has 0 saturated heterocycles. The van der Waals surface area contributed by atoms with Crippen LogP contribution in [0.2, 0.25) is 0 Å². The van der Waals surface area contributed by atoms with Gasteiger partial charge in [0.2, 0.25) is 0 Å². The normalized spacial score (nSPS) is 18.8. The molecule has 32 heavy (non-hydrogen) atoms. The van der Waals surface area contributed by atoms with Gasteiger partial charge in [-0.3, -0.25) is 4.79 Å². The fraction of sp³-hybridized carbons (Fsp3) is 0.346. The number of benzene rings is 2. The molecule has 2 bridgehead atoms. The van der Waals surface area contributed by atoms with Crippen LogP contribution in [0.1, 0.15) is 60.9 Å². The molecule has 1 aromatic heterocycles. The molecule has 6 nitrogen and oxygen atoms in total. The molecular formula is C26H26N2O4. The number of nitrogens with zero attached hydrogens (tertiary/aromatic N) is 1. The Balaban J connectivity index is 1.44. The molecule has 1 aliphatic carbocycles. The molecule has 2 heterocycles. The number of carboxylic acid groups (broad SMARTS) is 1. The van der Waals surface area contributed by atoms with Gasteiger partial charge in [0.05, 0.1) is 22.9 Å². The number of nitrogens with one attached hydrogen (secondary N) is 1. The lowest BCUT2D eigenvalue weighted by Crippen LogP contribution is -2.22. The summed E-state index contributed by atoms with van der Waals surface area (Å²) in [5.41, 5.74) is 3.99. The van der Waals surface area contributed by atoms with Crippen molar-refractivity contribution in [3.8, 4) is 5.75 Å². The van der Waals surface area contributed by atoms with Crippen molar-refractivity contribution in [2.45, 2.75) is 50.7 Å². The Morgan fingerprint density at radius 2 is 1.97 bits per heavy atom. The Bertz CT molecular complexity index is 1170. The first-order chi connectivity index (χ1) is 15.6. The number of rotatable bonds is 7. The van der Waals surface area contributed by atoms with Crippen LogP contribution >= 0.6 is 0 Å². The first-order valence-electron chi connectivity index (χ1n) is 11.2. The summed E-state index contributed by atoms with van der Waals surface area (Å²) in [6.07, 6.45) is 6.32. The Hall–Kier alpha value is -3.41. The zero-order chi connectivity index (χ0) is 22.1. The lowest BCUT2D eigenvalue weighted by molar-refractivity contribution is -0.140. The highest BCUT2D eigenvalue weighted by atomic mass is 16.5. The van der Waals surface area contributed by atoms with Crippen LogP contribution < -0.4 is 10.1 Å². The van der Waals surface area contributed by atoms with Gasteiger partial charge in [-0.2, -0.15) is 0 Å². The van der Waals surface area contributed by atoms with E-state index in [0.717, 1.165) is 40.7 Å². The minimum Gasteiger partial charge on any atom is -0.485 e. The van der Waals surface area contributed by atoms with E-state index in [9.17, 15) is 14.7 Å². The zero-order valence-electron chi connectivity index (χ0n) is 17.8. The second kappa shape index (κ2) is 8.61. The van der Waals surface area contributed by atoms with Crippen molar-refractivity contribution in [2.24, 2.45) is 5.92 Å². The molecule has 0 spiro atoms. The highest BCUT2D eigenvalue weighted by Crippen LogP contribution is 2.48. The van der Waals surface area contributed by atoms with E-state index in [2.05, 4.69) is 10.3 Å². The number of fused-ring (bicyclic) bond motifs is 3. The van der Waals surface area contributed by atoms with Crippen LogP contribution in [-0.2, 0) is 16.2 Å². The van der Waals surface area contributed by atoms with E-state index in [1.807, 2.05) is 42.5 Å². The van der Waals surface area contributed by atoms with Gasteiger partial charge in [0, 0.05) is 5.39 Å². The monoisotopic (exact) mass is 430 g/mol. The molecule has 2 aliphatic rings. The summed E-state index contributed by atoms with van der Waals surface area (Å²) >= 11 is 0. The average Bonchev–Trinajstić information content (AvgIpc) is 3.20. The van der Waals surface area contributed by atoms with Gasteiger partial charge in [0.15, 0.2) is 0 Å². The van der Waals surface area contributed by atoms with Gasteiger partial charge >= 0.3 is 5.97 Å². The van der Waals surface area contributed by atoms with Gasteiger partial charge in [-0.1, -0.05) is 43.5 Å². The molecule has 0 amide bonds. The fourth-order valence-corrected chi connectivity index (χ4v) is 5.07. The van der Waals surface area contributed by atoms with Crippen molar-refractivity contribution < 1.29 is 19.4 Å². The quantitative estimate of drug-likeness (QED) is 0.394. The van der Waals surface area contributed by atoms with Crippen molar-refractivity contribution in [3.63, 3.8) is 0 Å². The van der Waals surface area contributed by atoms with Crippen molar-refractivity contribution in [1.82, 2.24) is 4.98 Å². The third-order valence-corrected chi connectivity index (χ3v) is 6.72. The van der Waals surface area contributed by atoms with Gasteiger partial charge < -0.3 is 20.0 Å². The first kappa shape index (κ1) is 20.5. The fourth-order valence-electron chi connectivity index (χ4n) is 5.07. The van der Waals surface area contributed by atoms with E-state index in [1.165, 1.54) is 19.3 Å². The summed E-state index contributed by atoms with van der Waals surface area (Å²) in [4.78, 5) is 28.1. The molecule has 0 radical (unpaired) electrons. The largest absolute Gasteiger partial charge is 0.485 e. The molecule has 6 heteroatoms. The number of carbonyl (C=O) groups is 2. The number of hydrogen-bond donors (Lipinski definition) is 2. The predicted molar refractivity (Wildman–Crippen MR) is 122 cm³/mol. The number of anilines is 1. The average molecular weight is 431 g/mol. The third kappa shape index (κ3) is 3.81. The minimum atomic E-state index is -1.20. The Labute approximate surface area is 186 Å². The molecule has 2 atom stereocenters. The number of carbonyl (C=O) groups excluding carboxylic acids is 1. The molecule has 2 N–H and O–H groups in total. The number of aromatic nitrogens is 1. The van der Waals surface area contributed by atoms with Crippen LogP contribution in [0.4, 0.5) is 5.69 Å². The van der Waals surface area contributed by atoms with Crippen molar-refractivity contribution in [2.75, 3.05) is 5.32 Å². The number of para-hydroxylation sites is 1. The van der Waals surface area contributed by atoms with Crippen LogP contribution in [0.5, 0.6) is 5.75 Å². The second-order valence-electron chi connectivity index (χ2n) is 8.73. The SMILES string of the molecule is O=CC(C(=O)O)c1cc(OCc2ccc3ccccc3n2)c2cc1[C@H](C1CCCCC1)N2. The highest BCUT2D eigenvalue weighted by Gasteiger charge is 2.36. The predicted octanol–water partition coefficient (Wildman–Crippen LogP) is 5.23. The molecule has 1 aliphatic heterocycles. The van der Waals surface area contributed by atoms with E-state index in [0.29, 0.717) is 23.5 Å². The van der Waals surface area contributed by atoms with Crippen molar-refractivity contribution >= 4 is 28.8 Å². The van der Waals surface area contributed by atoms with Crippen molar-refractivity contribution in [3.05, 3.63) is 65.4 Å². The van der Waals surface area contributed by atoms with E-state index in [4.69, 9.17) is 4.74 Å². The molecule has 164 valence electrons. The molecule has 1 unspecified atom stereocenters. The Morgan fingerprint density at radius 1 is 1.16 bits per heavy atom. The summed E-state index contributed by atoms with van der Waals surface area (Å²) < 4.78 is 6.11. The lowest BCUT2D eigenvalue weighted by atomic mass is 9.80. The first-order valence-corrected chi connectivity index (χ1v) is 11.2. The second-order valence-corrected chi connectivity index (χ2v) is 8.73. The minimum absolute atomic E-state index is 0.0262. The van der Waals surface area contributed by atoms with Crippen LogP contribution in [0.15, 0.2) is 48.5 Å². The maximum atomic E-state index is 11.8. The smallest absolute Gasteiger partial charge is 0.318 e. The zero-order valence-corrected chi connectivity index (χ0v) is 17.8. The Morgan fingerprint density at radius 3 is 2.75 bits per heavy atom. The Kier molecular flexibility index (Phi) is 5.52. The summed E-state index contributed by atoms with van der Waals surface area (Å²) in [5.74, 6) is -1.35. The summed E-state index contributed by atoms with van der Waals surface area (Å²) in [6.45, 7) is 0.255. The summed E-state index contributed by atoms with van der Waals surface area (Å²) in [5, 5.41) is 14.3. The third-order valence-electron chi connectivity index (χ3n) is 6.72. The highest BCUT2D eigenvalue weighted by molar-refractivity contribution is 5.94. The van der Waals surface area contributed by atoms with Crippen LogP contribution in [0.3, 0.4) is 0 Å². The van der Waals surface area contributed by atoms with Crippen LogP contribution in [0, 0.1) is 5.92 Å². The number of ether oxygens (including phenoxy) is 1. The molecule has 3 aromatic rings. The topological polar surface area (TPSA) is 88.5 Å². The molecular weight excluding hydrogens is 404 g/mol. The van der Waals surface area contributed by atoms with Gasteiger partial charge in [-0.15, -0.1) is 0 Å². The molecule has 1 saturated carbocycles. The maximum absolute atomic E-state index is 11.8. The number of aldehydes is 1. The summed E-state index contributed by atoms with van der Waals surface area (Å²) in [7, 11) is 0. The van der Waals surface area contributed by atoms with Gasteiger partial charge in [-0.05, 0) is 54.2 Å². The lowest BCUT2D eigenvalue weighted by Gasteiger charge is -2.29.